The van der Waals surface area contributed by atoms with Crippen LogP contribution in [-0.4, -0.2) is 31.6 Å². The minimum Gasteiger partial charge on any atom is -0.384 e. The maximum atomic E-state index is 3.61. The fraction of sp³-hybridized carbons (Fsp3) is 0.684. The van der Waals surface area contributed by atoms with E-state index in [4.69, 9.17) is 0 Å². The van der Waals surface area contributed by atoms with Crippen molar-refractivity contribution in [2.45, 2.75) is 32.1 Å². The Labute approximate surface area is 128 Å². The van der Waals surface area contributed by atoms with Gasteiger partial charge in [-0.05, 0) is 68.0 Å². The number of benzene rings is 1. The molecular formula is C19H28N2. The first-order valence-electron chi connectivity index (χ1n) is 8.78. The summed E-state index contributed by atoms with van der Waals surface area (Å²) in [6.45, 7) is 3.71. The van der Waals surface area contributed by atoms with Gasteiger partial charge >= 0.3 is 0 Å². The number of para-hydroxylation sites is 1. The van der Waals surface area contributed by atoms with E-state index >= 15 is 0 Å². The summed E-state index contributed by atoms with van der Waals surface area (Å²) in [5, 5.41) is 3.61. The van der Waals surface area contributed by atoms with Crippen LogP contribution in [0.1, 0.15) is 31.2 Å². The Morgan fingerprint density at radius 1 is 1.14 bits per heavy atom. The van der Waals surface area contributed by atoms with Gasteiger partial charge in [0.2, 0.25) is 0 Å². The lowest BCUT2D eigenvalue weighted by Gasteiger charge is -2.32. The summed E-state index contributed by atoms with van der Waals surface area (Å²) >= 11 is 0. The van der Waals surface area contributed by atoms with Gasteiger partial charge in [0.25, 0.3) is 0 Å². The molecule has 4 atom stereocenters. The van der Waals surface area contributed by atoms with Crippen LogP contribution in [-0.2, 0) is 6.42 Å². The first kappa shape index (κ1) is 13.6. The molecule has 1 N–H and O–H groups in total. The highest BCUT2D eigenvalue weighted by Crippen LogP contribution is 2.48. The van der Waals surface area contributed by atoms with Crippen molar-refractivity contribution in [3.05, 3.63) is 29.8 Å². The fourth-order valence-corrected chi connectivity index (χ4v) is 5.15. The zero-order valence-electron chi connectivity index (χ0n) is 13.2. The predicted octanol–water partition coefficient (Wildman–Crippen LogP) is 3.64. The zero-order valence-corrected chi connectivity index (χ0v) is 13.2. The van der Waals surface area contributed by atoms with Crippen molar-refractivity contribution >= 4 is 5.69 Å². The van der Waals surface area contributed by atoms with E-state index in [1.165, 1.54) is 56.4 Å². The van der Waals surface area contributed by atoms with Crippen LogP contribution in [0, 0.1) is 23.7 Å². The Bertz CT molecular complexity index is 498. The quantitative estimate of drug-likeness (QED) is 0.908. The van der Waals surface area contributed by atoms with Gasteiger partial charge in [0, 0.05) is 25.3 Å². The third-order valence-corrected chi connectivity index (χ3v) is 6.11. The van der Waals surface area contributed by atoms with Gasteiger partial charge in [0.05, 0.1) is 0 Å². The SMILES string of the molecule is CN(CC1CNc2ccccc2C1)CC1CC2CCC1C2. The van der Waals surface area contributed by atoms with Crippen LogP contribution in [0.25, 0.3) is 0 Å². The first-order chi connectivity index (χ1) is 10.3. The number of hydrogen-bond acceptors (Lipinski definition) is 2. The Morgan fingerprint density at radius 2 is 2.05 bits per heavy atom. The van der Waals surface area contributed by atoms with Gasteiger partial charge in [-0.3, -0.25) is 0 Å². The van der Waals surface area contributed by atoms with Crippen LogP contribution in [0.5, 0.6) is 0 Å². The van der Waals surface area contributed by atoms with E-state index in [0.29, 0.717) is 0 Å². The third-order valence-electron chi connectivity index (χ3n) is 6.11. The molecule has 1 heterocycles. The second-order valence-electron chi connectivity index (χ2n) is 7.76. The molecule has 4 unspecified atom stereocenters. The zero-order chi connectivity index (χ0) is 14.2. The topological polar surface area (TPSA) is 15.3 Å². The molecule has 0 radical (unpaired) electrons. The molecule has 1 aromatic rings. The van der Waals surface area contributed by atoms with E-state index < -0.39 is 0 Å². The van der Waals surface area contributed by atoms with E-state index in [0.717, 1.165) is 30.2 Å². The maximum Gasteiger partial charge on any atom is 0.0372 e. The first-order valence-corrected chi connectivity index (χ1v) is 8.78. The molecular weight excluding hydrogens is 256 g/mol. The fourth-order valence-electron chi connectivity index (χ4n) is 5.15. The summed E-state index contributed by atoms with van der Waals surface area (Å²) in [7, 11) is 2.34. The third kappa shape index (κ3) is 2.83. The smallest absolute Gasteiger partial charge is 0.0372 e. The second-order valence-corrected chi connectivity index (χ2v) is 7.76. The molecule has 0 spiro atoms. The molecule has 0 saturated heterocycles. The lowest BCUT2D eigenvalue weighted by molar-refractivity contribution is 0.198. The van der Waals surface area contributed by atoms with Gasteiger partial charge in [-0.2, -0.15) is 0 Å². The molecule has 21 heavy (non-hydrogen) atoms. The van der Waals surface area contributed by atoms with Crippen LogP contribution >= 0.6 is 0 Å². The molecule has 2 saturated carbocycles. The van der Waals surface area contributed by atoms with Crippen molar-refractivity contribution in [2.24, 2.45) is 23.7 Å². The minimum absolute atomic E-state index is 0.767. The Balaban J connectivity index is 1.30. The number of rotatable bonds is 4. The van der Waals surface area contributed by atoms with E-state index in [1.54, 1.807) is 0 Å². The highest BCUT2D eigenvalue weighted by atomic mass is 15.1. The van der Waals surface area contributed by atoms with Crippen molar-refractivity contribution in [1.82, 2.24) is 4.90 Å². The molecule has 1 aromatic carbocycles. The van der Waals surface area contributed by atoms with E-state index in [9.17, 15) is 0 Å². The number of anilines is 1. The average molecular weight is 284 g/mol. The van der Waals surface area contributed by atoms with E-state index in [-0.39, 0.29) is 0 Å². The number of hydrogen-bond donors (Lipinski definition) is 1. The van der Waals surface area contributed by atoms with Crippen LogP contribution in [0.2, 0.25) is 0 Å². The van der Waals surface area contributed by atoms with Crippen LogP contribution < -0.4 is 5.32 Å². The van der Waals surface area contributed by atoms with Crippen molar-refractivity contribution in [1.29, 1.82) is 0 Å². The van der Waals surface area contributed by atoms with Crippen LogP contribution in [0.4, 0.5) is 5.69 Å². The summed E-state index contributed by atoms with van der Waals surface area (Å²) in [5.41, 5.74) is 2.85. The van der Waals surface area contributed by atoms with Gasteiger partial charge < -0.3 is 10.2 Å². The summed E-state index contributed by atoms with van der Waals surface area (Å²) in [4.78, 5) is 2.62. The largest absolute Gasteiger partial charge is 0.384 e. The Hall–Kier alpha value is -1.02. The number of nitrogens with zero attached hydrogens (tertiary/aromatic N) is 1. The molecule has 3 aliphatic rings. The summed E-state index contributed by atoms with van der Waals surface area (Å²) in [6.07, 6.45) is 7.33. The second kappa shape index (κ2) is 5.64. The average Bonchev–Trinajstić information content (AvgIpc) is 3.09. The normalized spacial score (nSPS) is 34.0. The molecule has 2 heteroatoms. The van der Waals surface area contributed by atoms with Gasteiger partial charge in [0.1, 0.15) is 0 Å². The number of fused-ring (bicyclic) bond motifs is 3. The van der Waals surface area contributed by atoms with Gasteiger partial charge in [-0.1, -0.05) is 24.6 Å². The van der Waals surface area contributed by atoms with E-state index in [2.05, 4.69) is 41.5 Å². The maximum absolute atomic E-state index is 3.61. The molecule has 2 fully saturated rings. The molecule has 1 aliphatic heterocycles. The molecule has 0 amide bonds. The monoisotopic (exact) mass is 284 g/mol. The molecule has 0 aromatic heterocycles. The summed E-state index contributed by atoms with van der Waals surface area (Å²) in [5.74, 6) is 3.90. The van der Waals surface area contributed by atoms with Crippen molar-refractivity contribution in [2.75, 3.05) is 32.0 Å². The molecule has 2 bridgehead atoms. The minimum atomic E-state index is 0.767. The van der Waals surface area contributed by atoms with Crippen LogP contribution in [0.3, 0.4) is 0 Å². The lowest BCUT2D eigenvalue weighted by Crippen LogP contribution is -2.37. The number of nitrogens with one attached hydrogen (secondary N) is 1. The van der Waals surface area contributed by atoms with Gasteiger partial charge in [-0.15, -0.1) is 0 Å². The van der Waals surface area contributed by atoms with Gasteiger partial charge in [-0.25, -0.2) is 0 Å². The lowest BCUT2D eigenvalue weighted by atomic mass is 9.88. The molecule has 114 valence electrons. The Morgan fingerprint density at radius 3 is 2.86 bits per heavy atom. The molecule has 2 nitrogen and oxygen atoms in total. The van der Waals surface area contributed by atoms with Crippen molar-refractivity contribution in [3.63, 3.8) is 0 Å². The molecule has 2 aliphatic carbocycles. The van der Waals surface area contributed by atoms with Gasteiger partial charge in [0.15, 0.2) is 0 Å². The Kier molecular flexibility index (Phi) is 3.66. The predicted molar refractivity (Wildman–Crippen MR) is 88.6 cm³/mol. The van der Waals surface area contributed by atoms with E-state index in [1.807, 2.05) is 0 Å². The highest BCUT2D eigenvalue weighted by Gasteiger charge is 2.39. The van der Waals surface area contributed by atoms with Crippen LogP contribution in [0.15, 0.2) is 24.3 Å². The standard InChI is InChI=1S/C19H28N2/c1-21(13-18-9-14-6-7-16(18)8-14)12-15-10-17-4-2-3-5-19(17)20-11-15/h2-5,14-16,18,20H,6-13H2,1H3. The summed E-state index contributed by atoms with van der Waals surface area (Å²) < 4.78 is 0. The molecule has 4 rings (SSSR count). The van der Waals surface area contributed by atoms with Crippen molar-refractivity contribution < 1.29 is 0 Å². The highest BCUT2D eigenvalue weighted by molar-refractivity contribution is 5.53. The summed E-state index contributed by atoms with van der Waals surface area (Å²) in [6, 6.07) is 8.80. The van der Waals surface area contributed by atoms with Crippen molar-refractivity contribution in [3.8, 4) is 0 Å².